The number of hydrogen-bond acceptors (Lipinski definition) is 4. The van der Waals surface area contributed by atoms with Gasteiger partial charge in [0.25, 0.3) is 0 Å². The second kappa shape index (κ2) is 5.71. The van der Waals surface area contributed by atoms with Crippen LogP contribution in [0.1, 0.15) is 16.0 Å². The smallest absolute Gasteiger partial charge is 0.324 e. The minimum atomic E-state index is -0.360. The lowest BCUT2D eigenvalue weighted by atomic mass is 10.1. The molecule has 2 rings (SSSR count). The molecule has 19 heavy (non-hydrogen) atoms. The van der Waals surface area contributed by atoms with Gasteiger partial charge < -0.3 is 5.32 Å². The molecule has 0 atom stereocenters. The van der Waals surface area contributed by atoms with Crippen molar-refractivity contribution in [1.29, 1.82) is 0 Å². The summed E-state index contributed by atoms with van der Waals surface area (Å²) in [7, 11) is 0. The van der Waals surface area contributed by atoms with Crippen LogP contribution < -0.4 is 5.32 Å². The Bertz CT molecular complexity index is 602. The maximum Gasteiger partial charge on any atom is 0.324 e. The van der Waals surface area contributed by atoms with Gasteiger partial charge in [-0.25, -0.2) is 0 Å². The molecule has 0 aliphatic rings. The van der Waals surface area contributed by atoms with E-state index in [1.165, 1.54) is 16.9 Å². The van der Waals surface area contributed by atoms with Crippen molar-refractivity contribution in [1.82, 2.24) is 0 Å². The number of anilines is 1. The van der Waals surface area contributed by atoms with E-state index in [2.05, 4.69) is 27.3 Å². The highest BCUT2D eigenvalue weighted by Gasteiger charge is 2.10. The molecule has 1 N–H and O–H groups in total. The Balaban J connectivity index is 2.12. The Kier molecular flexibility index (Phi) is 4.21. The molecule has 0 radical (unpaired) electrons. The molecule has 0 amide bonds. The summed E-state index contributed by atoms with van der Waals surface area (Å²) < 4.78 is 1.01. The van der Waals surface area contributed by atoms with Crippen molar-refractivity contribution in [2.75, 3.05) is 5.32 Å². The number of rotatable bonds is 4. The van der Waals surface area contributed by atoms with Crippen LogP contribution in [0.4, 0.5) is 10.7 Å². The molecule has 4 nitrogen and oxygen atoms in total. The molecule has 100 valence electrons. The molecule has 6 heteroatoms. The topological polar surface area (TPSA) is 55.2 Å². The van der Waals surface area contributed by atoms with Gasteiger partial charge in [-0.1, -0.05) is 17.4 Å². The van der Waals surface area contributed by atoms with E-state index < -0.39 is 0 Å². The standard InChI is InChI=1S/C13H13BrN2O2S/c1-8-5-9(2)13(11(14)6-8)15-7-10-3-4-12(19-10)16(17)18/h3-6,15H,7H2,1-2H3. The quantitative estimate of drug-likeness (QED) is 0.651. The maximum absolute atomic E-state index is 10.6. The lowest BCUT2D eigenvalue weighted by molar-refractivity contribution is -0.380. The predicted molar refractivity (Wildman–Crippen MR) is 81.9 cm³/mol. The average molecular weight is 341 g/mol. The van der Waals surface area contributed by atoms with E-state index in [0.717, 1.165) is 20.6 Å². The van der Waals surface area contributed by atoms with Gasteiger partial charge in [0.1, 0.15) is 0 Å². The van der Waals surface area contributed by atoms with Gasteiger partial charge in [-0.3, -0.25) is 10.1 Å². The molecule has 0 saturated carbocycles. The van der Waals surface area contributed by atoms with Crippen molar-refractivity contribution in [2.45, 2.75) is 20.4 Å². The SMILES string of the molecule is Cc1cc(C)c(NCc2ccc([N+](=O)[O-])s2)c(Br)c1. The zero-order valence-electron chi connectivity index (χ0n) is 10.6. The Morgan fingerprint density at radius 1 is 1.37 bits per heavy atom. The van der Waals surface area contributed by atoms with Crippen LogP contribution in [0.5, 0.6) is 0 Å². The van der Waals surface area contributed by atoms with E-state index >= 15 is 0 Å². The highest BCUT2D eigenvalue weighted by atomic mass is 79.9. The van der Waals surface area contributed by atoms with E-state index in [9.17, 15) is 10.1 Å². The van der Waals surface area contributed by atoms with Crippen LogP contribution in [0.15, 0.2) is 28.7 Å². The predicted octanol–water partition coefficient (Wildman–Crippen LogP) is 4.65. The van der Waals surface area contributed by atoms with Crippen LogP contribution in [-0.4, -0.2) is 4.92 Å². The minimum Gasteiger partial charge on any atom is -0.379 e. The van der Waals surface area contributed by atoms with Gasteiger partial charge >= 0.3 is 5.00 Å². The Hall–Kier alpha value is -1.40. The van der Waals surface area contributed by atoms with Gasteiger partial charge in [0, 0.05) is 22.0 Å². The zero-order chi connectivity index (χ0) is 14.0. The van der Waals surface area contributed by atoms with Crippen LogP contribution in [0.2, 0.25) is 0 Å². The first kappa shape index (κ1) is 14.0. The largest absolute Gasteiger partial charge is 0.379 e. The first-order valence-corrected chi connectivity index (χ1v) is 7.32. The van der Waals surface area contributed by atoms with Crippen LogP contribution in [0, 0.1) is 24.0 Å². The molecule has 0 saturated heterocycles. The van der Waals surface area contributed by atoms with E-state index in [-0.39, 0.29) is 9.92 Å². The fourth-order valence-electron chi connectivity index (χ4n) is 1.87. The molecule has 0 spiro atoms. The van der Waals surface area contributed by atoms with Crippen molar-refractivity contribution in [3.63, 3.8) is 0 Å². The average Bonchev–Trinajstić information content (AvgIpc) is 2.76. The normalized spacial score (nSPS) is 10.5. The summed E-state index contributed by atoms with van der Waals surface area (Å²) in [5.74, 6) is 0. The van der Waals surface area contributed by atoms with Crippen molar-refractivity contribution in [3.05, 3.63) is 54.9 Å². The second-order valence-corrected chi connectivity index (χ2v) is 6.29. The number of benzene rings is 1. The lowest BCUT2D eigenvalue weighted by Gasteiger charge is -2.11. The molecule has 1 aromatic heterocycles. The van der Waals surface area contributed by atoms with Crippen molar-refractivity contribution >= 4 is 38.0 Å². The molecule has 0 fully saturated rings. The Morgan fingerprint density at radius 3 is 2.68 bits per heavy atom. The second-order valence-electron chi connectivity index (χ2n) is 4.29. The van der Waals surface area contributed by atoms with Gasteiger partial charge in [-0.15, -0.1) is 0 Å². The molecule has 2 aromatic rings. The third-order valence-corrected chi connectivity index (χ3v) is 4.36. The Labute approximate surface area is 123 Å². The maximum atomic E-state index is 10.6. The summed E-state index contributed by atoms with van der Waals surface area (Å²) in [6.45, 7) is 4.67. The monoisotopic (exact) mass is 340 g/mol. The van der Waals surface area contributed by atoms with Gasteiger partial charge in [0.05, 0.1) is 10.6 Å². The molecule has 0 aliphatic carbocycles. The van der Waals surface area contributed by atoms with E-state index in [1.807, 2.05) is 19.9 Å². The van der Waals surface area contributed by atoms with Crippen LogP contribution in [0.25, 0.3) is 0 Å². The van der Waals surface area contributed by atoms with E-state index in [0.29, 0.717) is 6.54 Å². The zero-order valence-corrected chi connectivity index (χ0v) is 13.0. The number of aryl methyl sites for hydroxylation is 2. The van der Waals surface area contributed by atoms with Gasteiger partial charge in [-0.2, -0.15) is 0 Å². The van der Waals surface area contributed by atoms with Crippen LogP contribution in [0.3, 0.4) is 0 Å². The number of nitro groups is 1. The first-order chi connectivity index (χ1) is 8.97. The number of hydrogen-bond donors (Lipinski definition) is 1. The fraction of sp³-hybridized carbons (Fsp3) is 0.231. The molecule has 0 unspecified atom stereocenters. The van der Waals surface area contributed by atoms with Crippen molar-refractivity contribution in [3.8, 4) is 0 Å². The van der Waals surface area contributed by atoms with Gasteiger partial charge in [-0.05, 0) is 53.0 Å². The summed E-state index contributed by atoms with van der Waals surface area (Å²) in [6, 6.07) is 7.47. The Morgan fingerprint density at radius 2 is 2.11 bits per heavy atom. The third kappa shape index (κ3) is 3.33. The lowest BCUT2D eigenvalue weighted by Crippen LogP contribution is -2.00. The van der Waals surface area contributed by atoms with Crippen LogP contribution in [-0.2, 0) is 6.54 Å². The molecular formula is C13H13BrN2O2S. The van der Waals surface area contributed by atoms with Crippen molar-refractivity contribution in [2.24, 2.45) is 0 Å². The summed E-state index contributed by atoms with van der Waals surface area (Å²) in [4.78, 5) is 11.2. The summed E-state index contributed by atoms with van der Waals surface area (Å²) in [6.07, 6.45) is 0. The number of halogens is 1. The van der Waals surface area contributed by atoms with Gasteiger partial charge in [0.2, 0.25) is 0 Å². The first-order valence-electron chi connectivity index (χ1n) is 5.71. The number of nitrogens with zero attached hydrogens (tertiary/aromatic N) is 1. The summed E-state index contributed by atoms with van der Waals surface area (Å²) >= 11 is 4.73. The summed E-state index contributed by atoms with van der Waals surface area (Å²) in [5, 5.41) is 14.1. The molecular weight excluding hydrogens is 328 g/mol. The number of nitrogens with one attached hydrogen (secondary N) is 1. The molecule has 0 aliphatic heterocycles. The highest BCUT2D eigenvalue weighted by Crippen LogP contribution is 2.30. The highest BCUT2D eigenvalue weighted by molar-refractivity contribution is 9.10. The fourth-order valence-corrected chi connectivity index (χ4v) is 3.45. The summed E-state index contributed by atoms with van der Waals surface area (Å²) in [5.41, 5.74) is 3.38. The van der Waals surface area contributed by atoms with E-state index in [4.69, 9.17) is 0 Å². The third-order valence-electron chi connectivity index (χ3n) is 2.70. The van der Waals surface area contributed by atoms with Crippen LogP contribution >= 0.6 is 27.3 Å². The van der Waals surface area contributed by atoms with E-state index in [1.54, 1.807) is 12.1 Å². The van der Waals surface area contributed by atoms with Crippen molar-refractivity contribution < 1.29 is 4.92 Å². The number of thiophene rings is 1. The van der Waals surface area contributed by atoms with Gasteiger partial charge in [0.15, 0.2) is 0 Å². The molecule has 1 aromatic carbocycles. The minimum absolute atomic E-state index is 0.177. The molecule has 1 heterocycles. The molecule has 0 bridgehead atoms.